The van der Waals surface area contributed by atoms with E-state index < -0.39 is 16.1 Å². The normalized spacial score (nSPS) is 21.7. The minimum absolute atomic E-state index is 0.0125. The van der Waals surface area contributed by atoms with Gasteiger partial charge in [-0.2, -0.15) is 0 Å². The van der Waals surface area contributed by atoms with E-state index in [-0.39, 0.29) is 18.4 Å². The highest BCUT2D eigenvalue weighted by Crippen LogP contribution is 2.42. The zero-order valence-corrected chi connectivity index (χ0v) is 16.9. The molecule has 0 radical (unpaired) electrons. The molecule has 1 unspecified atom stereocenters. The van der Waals surface area contributed by atoms with Crippen molar-refractivity contribution in [2.75, 3.05) is 27.7 Å². The molecule has 1 aromatic carbocycles. The van der Waals surface area contributed by atoms with Crippen LogP contribution in [0.25, 0.3) is 0 Å². The van der Waals surface area contributed by atoms with Gasteiger partial charge in [0.25, 0.3) is 0 Å². The van der Waals surface area contributed by atoms with Gasteiger partial charge in [0, 0.05) is 37.2 Å². The van der Waals surface area contributed by atoms with Crippen molar-refractivity contribution in [2.24, 2.45) is 0 Å². The second kappa shape index (κ2) is 7.40. The van der Waals surface area contributed by atoms with Gasteiger partial charge in [0.1, 0.15) is 23.1 Å². The average Bonchev–Trinajstić information content (AvgIpc) is 2.82. The molecule has 0 spiro atoms. The Morgan fingerprint density at radius 3 is 2.52 bits per heavy atom. The summed E-state index contributed by atoms with van der Waals surface area (Å²) in [5.41, 5.74) is 2.58. The Morgan fingerprint density at radius 2 is 2.00 bits per heavy atom. The molecule has 0 aliphatic carbocycles. The molecule has 1 aromatic rings. The van der Waals surface area contributed by atoms with Crippen LogP contribution in [-0.2, 0) is 16.2 Å². The fourth-order valence-corrected chi connectivity index (χ4v) is 4.39. The summed E-state index contributed by atoms with van der Waals surface area (Å²) < 4.78 is 19.9. The van der Waals surface area contributed by atoms with Gasteiger partial charge in [0.05, 0.1) is 7.11 Å². The van der Waals surface area contributed by atoms with E-state index in [1.54, 1.807) is 11.4 Å². The zero-order chi connectivity index (χ0) is 18.9. The maximum atomic E-state index is 13.1. The minimum atomic E-state index is -1.30. The molecule has 1 fully saturated rings. The quantitative estimate of drug-likeness (QED) is 0.607. The van der Waals surface area contributed by atoms with Gasteiger partial charge in [0.2, 0.25) is 0 Å². The Kier molecular flexibility index (Phi) is 5.86. The SMILES string of the molecule is COc1cccc([C@@H]2/C(=C/N(C)C)C(=O)CN2[S+]([O-])C(C)(C)C)c1C. The number of nitrogens with zero attached hydrogens (tertiary/aromatic N) is 2. The molecule has 0 aromatic heterocycles. The summed E-state index contributed by atoms with van der Waals surface area (Å²) in [5, 5.41) is 0. The summed E-state index contributed by atoms with van der Waals surface area (Å²) in [7, 11) is 5.41. The summed E-state index contributed by atoms with van der Waals surface area (Å²) in [4.78, 5) is 14.6. The number of carbonyl (C=O) groups excluding carboxylic acids is 1. The molecule has 1 aliphatic rings. The summed E-state index contributed by atoms with van der Waals surface area (Å²) in [6, 6.07) is 5.45. The van der Waals surface area contributed by atoms with Crippen molar-refractivity contribution in [2.45, 2.75) is 38.5 Å². The number of benzene rings is 1. The average molecular weight is 365 g/mol. The molecule has 25 heavy (non-hydrogen) atoms. The standard InChI is InChI=1S/C19H28N2O3S/c1-13-14(9-8-10-17(13)24-7)18-15(11-20(5)6)16(22)12-21(18)25(23)19(2,3)4/h8-11,18H,12H2,1-7H3/b15-11+/t18-,25?/m1/s1. The maximum Gasteiger partial charge on any atom is 0.181 e. The summed E-state index contributed by atoms with van der Waals surface area (Å²) in [5.74, 6) is 0.779. The van der Waals surface area contributed by atoms with Crippen molar-refractivity contribution in [1.82, 2.24) is 9.21 Å². The van der Waals surface area contributed by atoms with Crippen LogP contribution in [0.2, 0.25) is 0 Å². The fraction of sp³-hybridized carbons (Fsp3) is 0.526. The third kappa shape index (κ3) is 4.02. The highest BCUT2D eigenvalue weighted by atomic mass is 32.2. The van der Waals surface area contributed by atoms with Gasteiger partial charge in [-0.1, -0.05) is 12.1 Å². The number of methoxy groups -OCH3 is 1. The van der Waals surface area contributed by atoms with Crippen molar-refractivity contribution in [3.05, 3.63) is 41.1 Å². The van der Waals surface area contributed by atoms with E-state index in [0.717, 1.165) is 16.9 Å². The van der Waals surface area contributed by atoms with E-state index in [1.165, 1.54) is 0 Å². The minimum Gasteiger partial charge on any atom is -0.597 e. The van der Waals surface area contributed by atoms with Crippen LogP contribution in [0.1, 0.15) is 37.9 Å². The maximum absolute atomic E-state index is 13.1. The molecule has 6 heteroatoms. The summed E-state index contributed by atoms with van der Waals surface area (Å²) >= 11 is -1.30. The van der Waals surface area contributed by atoms with Crippen molar-refractivity contribution in [3.8, 4) is 5.75 Å². The van der Waals surface area contributed by atoms with Crippen molar-refractivity contribution in [3.63, 3.8) is 0 Å². The zero-order valence-electron chi connectivity index (χ0n) is 16.1. The van der Waals surface area contributed by atoms with Crippen molar-refractivity contribution >= 4 is 17.1 Å². The lowest BCUT2D eigenvalue weighted by molar-refractivity contribution is -0.114. The highest BCUT2D eigenvalue weighted by molar-refractivity contribution is 7.90. The van der Waals surface area contributed by atoms with Crippen LogP contribution in [0.4, 0.5) is 0 Å². The van der Waals surface area contributed by atoms with E-state index in [0.29, 0.717) is 5.57 Å². The van der Waals surface area contributed by atoms with Gasteiger partial charge in [-0.3, -0.25) is 4.79 Å². The molecule has 0 saturated carbocycles. The Hall–Kier alpha value is -1.50. The first-order chi connectivity index (χ1) is 11.6. The van der Waals surface area contributed by atoms with Gasteiger partial charge >= 0.3 is 0 Å². The molecule has 2 rings (SSSR count). The molecule has 1 heterocycles. The van der Waals surface area contributed by atoms with Crippen LogP contribution < -0.4 is 4.74 Å². The van der Waals surface area contributed by atoms with Gasteiger partial charge < -0.3 is 14.2 Å². The molecule has 1 saturated heterocycles. The van der Waals surface area contributed by atoms with Crippen molar-refractivity contribution in [1.29, 1.82) is 0 Å². The Labute approximate surface area is 154 Å². The third-order valence-electron chi connectivity index (χ3n) is 4.18. The third-order valence-corrected chi connectivity index (χ3v) is 5.99. The van der Waals surface area contributed by atoms with E-state index >= 15 is 0 Å². The number of ether oxygens (including phenoxy) is 1. The number of ketones is 1. The number of Topliss-reactive ketones (excluding diaryl/α,β-unsaturated/α-hetero) is 1. The Balaban J connectivity index is 2.62. The smallest absolute Gasteiger partial charge is 0.181 e. The first-order valence-corrected chi connectivity index (χ1v) is 9.42. The summed E-state index contributed by atoms with van der Waals surface area (Å²) in [6.45, 7) is 7.91. The lowest BCUT2D eigenvalue weighted by Crippen LogP contribution is -2.43. The molecule has 138 valence electrons. The van der Waals surface area contributed by atoms with Crippen LogP contribution in [0.3, 0.4) is 0 Å². The van der Waals surface area contributed by atoms with Gasteiger partial charge in [-0.05, 0) is 44.9 Å². The molecule has 0 N–H and O–H groups in total. The molecule has 0 bridgehead atoms. The van der Waals surface area contributed by atoms with E-state index in [4.69, 9.17) is 4.74 Å². The molecule has 2 atom stereocenters. The number of hydrogen-bond acceptors (Lipinski definition) is 5. The van der Waals surface area contributed by atoms with Gasteiger partial charge in [-0.15, -0.1) is 4.31 Å². The number of hydrogen-bond donors (Lipinski definition) is 0. The predicted molar refractivity (Wildman–Crippen MR) is 102 cm³/mol. The van der Waals surface area contributed by atoms with Crippen LogP contribution in [0.15, 0.2) is 30.0 Å². The van der Waals surface area contributed by atoms with Crippen LogP contribution in [0, 0.1) is 6.92 Å². The van der Waals surface area contributed by atoms with Crippen LogP contribution in [0.5, 0.6) is 5.75 Å². The lowest BCUT2D eigenvalue weighted by Gasteiger charge is -2.34. The lowest BCUT2D eigenvalue weighted by atomic mass is 9.95. The molecule has 1 aliphatic heterocycles. The molecule has 0 amide bonds. The largest absolute Gasteiger partial charge is 0.597 e. The van der Waals surface area contributed by atoms with E-state index in [2.05, 4.69) is 0 Å². The number of carbonyl (C=O) groups is 1. The first kappa shape index (κ1) is 19.8. The number of rotatable bonds is 4. The fourth-order valence-electron chi connectivity index (χ4n) is 3.03. The second-order valence-corrected chi connectivity index (χ2v) is 9.68. The Morgan fingerprint density at radius 1 is 1.36 bits per heavy atom. The molecule has 5 nitrogen and oxygen atoms in total. The molecular formula is C19H28N2O3S. The highest BCUT2D eigenvalue weighted by Gasteiger charge is 2.48. The van der Waals surface area contributed by atoms with E-state index in [9.17, 15) is 9.35 Å². The van der Waals surface area contributed by atoms with Crippen LogP contribution in [-0.4, -0.2) is 52.0 Å². The van der Waals surface area contributed by atoms with Gasteiger partial charge in [0.15, 0.2) is 5.78 Å². The monoisotopic (exact) mass is 364 g/mol. The predicted octanol–water partition coefficient (Wildman–Crippen LogP) is 2.84. The first-order valence-electron chi connectivity index (χ1n) is 8.31. The van der Waals surface area contributed by atoms with Gasteiger partial charge in [-0.25, -0.2) is 0 Å². The molecular weight excluding hydrogens is 336 g/mol. The van der Waals surface area contributed by atoms with Crippen LogP contribution >= 0.6 is 0 Å². The second-order valence-electron chi connectivity index (χ2n) is 7.48. The van der Waals surface area contributed by atoms with Crippen molar-refractivity contribution < 1.29 is 14.1 Å². The topological polar surface area (TPSA) is 55.8 Å². The summed E-state index contributed by atoms with van der Waals surface area (Å²) in [6.07, 6.45) is 1.84. The Bertz CT molecular complexity index is 680. The van der Waals surface area contributed by atoms with E-state index in [1.807, 2.05) is 71.1 Å².